The molecular weight excluding hydrogens is 514 g/mol. The van der Waals surface area contributed by atoms with Crippen LogP contribution in [-0.4, -0.2) is 62.8 Å². The molecule has 0 spiro atoms. The zero-order chi connectivity index (χ0) is 26.6. The Balaban J connectivity index is 1.37. The number of halogens is 1. The summed E-state index contributed by atoms with van der Waals surface area (Å²) in [6.45, 7) is 4.48. The summed E-state index contributed by atoms with van der Waals surface area (Å²) in [4.78, 5) is 27.2. The molecule has 0 saturated carbocycles. The van der Waals surface area contributed by atoms with Gasteiger partial charge in [-0.1, -0.05) is 41.4 Å². The van der Waals surface area contributed by atoms with Gasteiger partial charge in [-0.25, -0.2) is 13.2 Å². The first-order chi connectivity index (χ1) is 17.7. The van der Waals surface area contributed by atoms with Crippen molar-refractivity contribution in [3.8, 4) is 0 Å². The number of piperazine rings is 1. The second kappa shape index (κ2) is 11.4. The number of ether oxygens (including phenoxy) is 1. The maximum atomic E-state index is 13.0. The van der Waals surface area contributed by atoms with Gasteiger partial charge in [0, 0.05) is 44.0 Å². The summed E-state index contributed by atoms with van der Waals surface area (Å²) in [5, 5.41) is 3.02. The van der Waals surface area contributed by atoms with E-state index in [9.17, 15) is 18.0 Å². The lowest BCUT2D eigenvalue weighted by atomic mass is 10.1. The fraction of sp³-hybridized carbons (Fsp3) is 0.259. The van der Waals surface area contributed by atoms with Crippen molar-refractivity contribution < 1.29 is 22.7 Å². The molecule has 1 heterocycles. The normalized spacial score (nSPS) is 14.8. The number of aryl methyl sites for hydroxylation is 1. The van der Waals surface area contributed by atoms with Crippen molar-refractivity contribution in [1.82, 2.24) is 9.21 Å². The van der Waals surface area contributed by atoms with Gasteiger partial charge in [0.1, 0.15) is 0 Å². The zero-order valence-electron chi connectivity index (χ0n) is 20.6. The molecule has 1 amide bonds. The third-order valence-electron chi connectivity index (χ3n) is 6.21. The van der Waals surface area contributed by atoms with Gasteiger partial charge in [0.05, 0.1) is 22.6 Å². The Bertz CT molecular complexity index is 1400. The van der Waals surface area contributed by atoms with Crippen LogP contribution in [0.2, 0.25) is 5.02 Å². The quantitative estimate of drug-likeness (QED) is 0.451. The number of carbonyl (C=O) groups is 2. The van der Waals surface area contributed by atoms with Crippen molar-refractivity contribution in [3.05, 3.63) is 94.0 Å². The molecule has 0 radical (unpaired) electrons. The van der Waals surface area contributed by atoms with E-state index in [2.05, 4.69) is 10.2 Å². The minimum Gasteiger partial charge on any atom is -0.465 e. The topological polar surface area (TPSA) is 96.0 Å². The molecule has 4 rings (SSSR count). The Hall–Kier alpha value is -3.24. The van der Waals surface area contributed by atoms with Crippen LogP contribution in [0.4, 0.5) is 5.69 Å². The molecule has 1 saturated heterocycles. The second-order valence-corrected chi connectivity index (χ2v) is 11.2. The number of sulfonamides is 1. The summed E-state index contributed by atoms with van der Waals surface area (Å²) in [7, 11) is -2.26. The minimum atomic E-state index is -3.52. The highest BCUT2D eigenvalue weighted by atomic mass is 35.5. The molecule has 1 N–H and O–H groups in total. The van der Waals surface area contributed by atoms with Gasteiger partial charge in [0.2, 0.25) is 10.0 Å². The van der Waals surface area contributed by atoms with Crippen molar-refractivity contribution in [2.24, 2.45) is 0 Å². The van der Waals surface area contributed by atoms with Crippen LogP contribution in [0.1, 0.15) is 31.8 Å². The van der Waals surface area contributed by atoms with Gasteiger partial charge in [-0.3, -0.25) is 9.69 Å². The highest BCUT2D eigenvalue weighted by molar-refractivity contribution is 7.89. The predicted octanol–water partition coefficient (Wildman–Crippen LogP) is 4.19. The fourth-order valence-electron chi connectivity index (χ4n) is 4.13. The number of esters is 1. The van der Waals surface area contributed by atoms with Gasteiger partial charge in [0.25, 0.3) is 5.91 Å². The van der Waals surface area contributed by atoms with Crippen LogP contribution in [0.5, 0.6) is 0 Å². The monoisotopic (exact) mass is 541 g/mol. The first-order valence-electron chi connectivity index (χ1n) is 11.7. The number of amides is 1. The van der Waals surface area contributed by atoms with Crippen LogP contribution in [0, 0.1) is 6.92 Å². The molecular formula is C27H28ClN3O5S. The maximum Gasteiger partial charge on any atom is 0.339 e. The fourth-order valence-corrected chi connectivity index (χ4v) is 5.75. The molecule has 0 aliphatic carbocycles. The lowest BCUT2D eigenvalue weighted by molar-refractivity contribution is 0.0600. The van der Waals surface area contributed by atoms with Crippen molar-refractivity contribution in [1.29, 1.82) is 0 Å². The van der Waals surface area contributed by atoms with Crippen LogP contribution < -0.4 is 5.32 Å². The number of nitrogens with one attached hydrogen (secondary N) is 1. The molecule has 1 aliphatic rings. The molecule has 1 fully saturated rings. The average molecular weight is 542 g/mol. The van der Waals surface area contributed by atoms with Crippen molar-refractivity contribution in [3.63, 3.8) is 0 Å². The Kier molecular flexibility index (Phi) is 8.29. The summed E-state index contributed by atoms with van der Waals surface area (Å²) in [5.74, 6) is -0.913. The molecule has 3 aromatic rings. The van der Waals surface area contributed by atoms with E-state index < -0.39 is 16.0 Å². The summed E-state index contributed by atoms with van der Waals surface area (Å²) in [5.41, 5.74) is 3.01. The highest BCUT2D eigenvalue weighted by Crippen LogP contribution is 2.23. The molecule has 37 heavy (non-hydrogen) atoms. The molecule has 0 atom stereocenters. The molecule has 0 bridgehead atoms. The minimum absolute atomic E-state index is 0.166. The first-order valence-corrected chi connectivity index (χ1v) is 13.6. The third kappa shape index (κ3) is 6.37. The van der Waals surface area contributed by atoms with Crippen LogP contribution in [0.25, 0.3) is 0 Å². The van der Waals surface area contributed by atoms with E-state index in [4.69, 9.17) is 16.3 Å². The Morgan fingerprint density at radius 2 is 1.68 bits per heavy atom. The smallest absolute Gasteiger partial charge is 0.339 e. The van der Waals surface area contributed by atoms with E-state index in [1.807, 2.05) is 25.1 Å². The second-order valence-electron chi connectivity index (χ2n) is 8.83. The third-order valence-corrected chi connectivity index (χ3v) is 8.46. The number of rotatable bonds is 7. The van der Waals surface area contributed by atoms with Gasteiger partial charge in [0.15, 0.2) is 0 Å². The van der Waals surface area contributed by atoms with Gasteiger partial charge in [-0.15, -0.1) is 0 Å². The summed E-state index contributed by atoms with van der Waals surface area (Å²) >= 11 is 6.05. The van der Waals surface area contributed by atoms with Crippen LogP contribution in [0.3, 0.4) is 0 Å². The molecule has 10 heteroatoms. The van der Waals surface area contributed by atoms with E-state index in [0.29, 0.717) is 48.9 Å². The van der Waals surface area contributed by atoms with Crippen molar-refractivity contribution in [2.45, 2.75) is 18.4 Å². The number of nitrogens with zero attached hydrogens (tertiary/aromatic N) is 2. The van der Waals surface area contributed by atoms with Crippen LogP contribution in [0.15, 0.2) is 71.6 Å². The van der Waals surface area contributed by atoms with Crippen molar-refractivity contribution in [2.75, 3.05) is 38.6 Å². The summed E-state index contributed by atoms with van der Waals surface area (Å²) in [6.07, 6.45) is 0. The maximum absolute atomic E-state index is 13.0. The van der Waals surface area contributed by atoms with E-state index in [1.165, 1.54) is 23.5 Å². The Morgan fingerprint density at radius 3 is 2.35 bits per heavy atom. The largest absolute Gasteiger partial charge is 0.465 e. The number of anilines is 1. The Morgan fingerprint density at radius 1 is 0.973 bits per heavy atom. The molecule has 8 nitrogen and oxygen atoms in total. The van der Waals surface area contributed by atoms with Gasteiger partial charge in [-0.05, 0) is 55.0 Å². The average Bonchev–Trinajstić information content (AvgIpc) is 2.90. The Labute approximate surface area is 221 Å². The van der Waals surface area contributed by atoms with Gasteiger partial charge >= 0.3 is 5.97 Å². The number of methoxy groups -OCH3 is 1. The number of hydrogen-bond donors (Lipinski definition) is 1. The lowest BCUT2D eigenvalue weighted by Gasteiger charge is -2.34. The molecule has 1 aliphatic heterocycles. The van der Waals surface area contributed by atoms with Gasteiger partial charge < -0.3 is 10.1 Å². The molecule has 0 unspecified atom stereocenters. The van der Waals surface area contributed by atoms with E-state index in [0.717, 1.165) is 11.1 Å². The lowest BCUT2D eigenvalue weighted by Crippen LogP contribution is -2.48. The summed E-state index contributed by atoms with van der Waals surface area (Å²) in [6, 6.07) is 18.8. The number of carbonyl (C=O) groups excluding carboxylic acids is 2. The van der Waals surface area contributed by atoms with Crippen LogP contribution >= 0.6 is 11.6 Å². The standard InChI is InChI=1S/C27H28ClN3O5S/c1-19-6-9-23(10-7-19)37(34,35)31-14-12-30(13-15-31)18-20-4-3-5-21(16-20)26(32)29-22-8-11-25(28)24(17-22)27(33)36-2/h3-11,16-17H,12-15,18H2,1-2H3,(H,29,32). The van der Waals surface area contributed by atoms with Crippen molar-refractivity contribution >= 4 is 39.2 Å². The SMILES string of the molecule is COC(=O)c1cc(NC(=O)c2cccc(CN3CCN(S(=O)(=O)c4ccc(C)cc4)CC3)c2)ccc1Cl. The van der Waals surface area contributed by atoms with Crippen LogP contribution in [-0.2, 0) is 21.3 Å². The number of benzene rings is 3. The molecule has 194 valence electrons. The first kappa shape index (κ1) is 26.8. The van der Waals surface area contributed by atoms with Gasteiger partial charge in [-0.2, -0.15) is 4.31 Å². The highest BCUT2D eigenvalue weighted by Gasteiger charge is 2.28. The molecule has 3 aromatic carbocycles. The summed E-state index contributed by atoms with van der Waals surface area (Å²) < 4.78 is 32.2. The van der Waals surface area contributed by atoms with E-state index >= 15 is 0 Å². The van der Waals surface area contributed by atoms with E-state index in [1.54, 1.807) is 36.4 Å². The van der Waals surface area contributed by atoms with E-state index in [-0.39, 0.29) is 16.5 Å². The molecule has 0 aromatic heterocycles. The predicted molar refractivity (Wildman–Crippen MR) is 142 cm³/mol. The number of hydrogen-bond acceptors (Lipinski definition) is 6. The zero-order valence-corrected chi connectivity index (χ0v) is 22.2.